The molecule has 0 unspecified atom stereocenters. The number of rotatable bonds is 5. The van der Waals surface area contributed by atoms with Gasteiger partial charge in [-0.3, -0.25) is 9.19 Å². The van der Waals surface area contributed by atoms with Crippen LogP contribution in [0, 0.1) is 13.8 Å². The van der Waals surface area contributed by atoms with Crippen LogP contribution in [0.2, 0.25) is 0 Å². The largest absolute Gasteiger partial charge is 0.497 e. The molecule has 0 bridgehead atoms. The zero-order valence-electron chi connectivity index (χ0n) is 15.8. The number of benzene rings is 1. The zero-order valence-corrected chi connectivity index (χ0v) is 18.0. The molecule has 27 heavy (non-hydrogen) atoms. The minimum Gasteiger partial charge on any atom is -0.497 e. The first-order chi connectivity index (χ1) is 11.5. The molecule has 0 aliphatic rings. The molecule has 3 aromatic rings. The van der Waals surface area contributed by atoms with Crippen LogP contribution in [-0.2, 0) is 16.6 Å². The van der Waals surface area contributed by atoms with E-state index >= 15 is 0 Å². The van der Waals surface area contributed by atoms with Gasteiger partial charge < -0.3 is 25.4 Å². The predicted molar refractivity (Wildman–Crippen MR) is 106 cm³/mol. The lowest BCUT2D eigenvalue weighted by Gasteiger charge is -2.11. The molecular formula is C17H23MgN3O5S. The van der Waals surface area contributed by atoms with Crippen LogP contribution >= 0.6 is 0 Å². The van der Waals surface area contributed by atoms with Gasteiger partial charge in [-0.1, -0.05) is 0 Å². The second kappa shape index (κ2) is 10.6. The molecule has 1 aromatic carbocycles. The molecule has 2 heterocycles. The number of ether oxygens (including phenoxy) is 2. The first kappa shape index (κ1) is 25.3. The Labute approximate surface area is 175 Å². The second-order valence-electron chi connectivity index (χ2n) is 5.46. The van der Waals surface area contributed by atoms with Crippen LogP contribution in [0.5, 0.6) is 11.5 Å². The van der Waals surface area contributed by atoms with E-state index in [0.29, 0.717) is 5.16 Å². The number of aromatic amines is 1. The number of H-pyrrole nitrogens is 1. The van der Waals surface area contributed by atoms with Gasteiger partial charge in [-0.15, -0.1) is 0 Å². The van der Waals surface area contributed by atoms with Crippen molar-refractivity contribution in [2.45, 2.75) is 24.8 Å². The van der Waals surface area contributed by atoms with Crippen molar-refractivity contribution in [1.82, 2.24) is 15.0 Å². The SMILES string of the molecule is COc1ccc2nc([S@@](=O)Cc3ncc(C)c(OC)c3C)[nH]c2c1.O.O.[Mg]. The van der Waals surface area contributed by atoms with Gasteiger partial charge in [-0.2, -0.15) is 0 Å². The molecule has 2 radical (unpaired) electrons. The molecule has 0 aliphatic heterocycles. The summed E-state index contributed by atoms with van der Waals surface area (Å²) in [5, 5.41) is 0.430. The van der Waals surface area contributed by atoms with Gasteiger partial charge in [0.2, 0.25) is 0 Å². The van der Waals surface area contributed by atoms with Gasteiger partial charge in [0.25, 0.3) is 0 Å². The summed E-state index contributed by atoms with van der Waals surface area (Å²) in [7, 11) is 1.91. The van der Waals surface area contributed by atoms with Crippen molar-refractivity contribution in [2.24, 2.45) is 0 Å². The van der Waals surface area contributed by atoms with Crippen molar-refractivity contribution >= 4 is 44.9 Å². The highest BCUT2D eigenvalue weighted by molar-refractivity contribution is 7.84. The summed E-state index contributed by atoms with van der Waals surface area (Å²) in [6, 6.07) is 5.50. The van der Waals surface area contributed by atoms with Crippen LogP contribution in [0.3, 0.4) is 0 Å². The highest BCUT2D eigenvalue weighted by Gasteiger charge is 2.16. The number of nitrogens with one attached hydrogen (secondary N) is 1. The van der Waals surface area contributed by atoms with Gasteiger partial charge in [0.05, 0.1) is 47.5 Å². The average molecular weight is 406 g/mol. The average Bonchev–Trinajstić information content (AvgIpc) is 3.01. The van der Waals surface area contributed by atoms with Gasteiger partial charge in [0, 0.05) is 46.4 Å². The third kappa shape index (κ3) is 5.17. The van der Waals surface area contributed by atoms with Gasteiger partial charge >= 0.3 is 0 Å². The summed E-state index contributed by atoms with van der Waals surface area (Å²) in [5.74, 6) is 1.79. The predicted octanol–water partition coefficient (Wildman–Crippen LogP) is 0.870. The Morgan fingerprint density at radius 2 is 1.85 bits per heavy atom. The Balaban J connectivity index is 0.00000225. The summed E-state index contributed by atoms with van der Waals surface area (Å²) in [4.78, 5) is 11.9. The lowest BCUT2D eigenvalue weighted by atomic mass is 10.1. The highest BCUT2D eigenvalue weighted by atomic mass is 32.2. The van der Waals surface area contributed by atoms with Crippen LogP contribution < -0.4 is 9.47 Å². The second-order valence-corrected chi connectivity index (χ2v) is 6.83. The molecule has 2 aromatic heterocycles. The van der Waals surface area contributed by atoms with E-state index in [0.717, 1.165) is 39.4 Å². The van der Waals surface area contributed by atoms with Crippen molar-refractivity contribution in [3.63, 3.8) is 0 Å². The molecule has 144 valence electrons. The lowest BCUT2D eigenvalue weighted by Crippen LogP contribution is -2.05. The van der Waals surface area contributed by atoms with E-state index in [1.807, 2.05) is 32.0 Å². The topological polar surface area (TPSA) is 140 Å². The summed E-state index contributed by atoms with van der Waals surface area (Å²) in [6.07, 6.45) is 1.74. The van der Waals surface area contributed by atoms with E-state index in [2.05, 4.69) is 15.0 Å². The summed E-state index contributed by atoms with van der Waals surface area (Å²) in [6.45, 7) is 3.86. The number of fused-ring (bicyclic) bond motifs is 1. The quantitative estimate of drug-likeness (QED) is 0.627. The Morgan fingerprint density at radius 1 is 1.15 bits per heavy atom. The number of aryl methyl sites for hydroxylation is 1. The number of hydrogen-bond acceptors (Lipinski definition) is 5. The minimum absolute atomic E-state index is 0. The maximum atomic E-state index is 12.7. The van der Waals surface area contributed by atoms with Gasteiger partial charge in [-0.05, 0) is 26.0 Å². The zero-order chi connectivity index (χ0) is 17.3. The Kier molecular flexibility index (Phi) is 9.89. The fourth-order valence-electron chi connectivity index (χ4n) is 2.61. The van der Waals surface area contributed by atoms with Crippen molar-refractivity contribution in [1.29, 1.82) is 0 Å². The first-order valence-corrected chi connectivity index (χ1v) is 8.76. The first-order valence-electron chi connectivity index (χ1n) is 7.44. The molecule has 8 nitrogen and oxygen atoms in total. The molecule has 0 saturated heterocycles. The number of hydrogen-bond donors (Lipinski definition) is 1. The van der Waals surface area contributed by atoms with E-state index in [1.165, 1.54) is 0 Å². The fourth-order valence-corrected chi connectivity index (χ4v) is 3.71. The molecule has 3 rings (SSSR count). The molecule has 10 heteroatoms. The van der Waals surface area contributed by atoms with Crippen LogP contribution in [0.25, 0.3) is 11.0 Å². The molecule has 5 N–H and O–H groups in total. The fraction of sp³-hybridized carbons (Fsp3) is 0.294. The van der Waals surface area contributed by atoms with Crippen molar-refractivity contribution < 1.29 is 24.6 Å². The standard InChI is InChI=1S/C17H19N3O3S.Mg.2H2O/c1-10-8-18-15(11(2)16(10)23-4)9-24(21)17-19-13-6-5-12(22-3)7-14(13)20-17;;;/h5-8H,9H2,1-4H3,(H,19,20);;2*1H2/t24-;;;/m0.../s1. The lowest BCUT2D eigenvalue weighted by molar-refractivity contribution is 0.407. The molecule has 0 saturated carbocycles. The molecule has 0 aliphatic carbocycles. The number of imidazole rings is 1. The van der Waals surface area contributed by atoms with E-state index < -0.39 is 10.8 Å². The van der Waals surface area contributed by atoms with Crippen molar-refractivity contribution in [2.75, 3.05) is 14.2 Å². The normalized spacial score (nSPS) is 11.0. The number of nitrogens with zero attached hydrogens (tertiary/aromatic N) is 2. The van der Waals surface area contributed by atoms with Gasteiger partial charge in [0.15, 0.2) is 5.16 Å². The van der Waals surface area contributed by atoms with E-state index in [1.54, 1.807) is 20.4 Å². The highest BCUT2D eigenvalue weighted by Crippen LogP contribution is 2.26. The smallest absolute Gasteiger partial charge is 0.197 e. The molecule has 0 spiro atoms. The van der Waals surface area contributed by atoms with Crippen LogP contribution in [0.1, 0.15) is 16.8 Å². The summed E-state index contributed by atoms with van der Waals surface area (Å²) < 4.78 is 23.3. The van der Waals surface area contributed by atoms with Gasteiger partial charge in [-0.25, -0.2) is 4.98 Å². The number of aromatic nitrogens is 3. The number of methoxy groups -OCH3 is 2. The van der Waals surface area contributed by atoms with Crippen LogP contribution in [0.4, 0.5) is 0 Å². The third-order valence-electron chi connectivity index (χ3n) is 3.90. The van der Waals surface area contributed by atoms with Gasteiger partial charge in [0.1, 0.15) is 11.5 Å². The third-order valence-corrected chi connectivity index (χ3v) is 5.06. The monoisotopic (exact) mass is 405 g/mol. The van der Waals surface area contributed by atoms with Crippen molar-refractivity contribution in [3.05, 3.63) is 41.2 Å². The van der Waals surface area contributed by atoms with E-state index in [9.17, 15) is 4.21 Å². The summed E-state index contributed by atoms with van der Waals surface area (Å²) in [5.41, 5.74) is 4.16. The Morgan fingerprint density at radius 3 is 2.48 bits per heavy atom. The molecular weight excluding hydrogens is 383 g/mol. The Bertz CT molecular complexity index is 932. The minimum atomic E-state index is -1.33. The van der Waals surface area contributed by atoms with Crippen LogP contribution in [0.15, 0.2) is 29.6 Å². The molecule has 0 fully saturated rings. The van der Waals surface area contributed by atoms with Crippen molar-refractivity contribution in [3.8, 4) is 11.5 Å². The Hall–Kier alpha value is -1.72. The van der Waals surface area contributed by atoms with Crippen LogP contribution in [-0.4, -0.2) is 67.4 Å². The number of pyridine rings is 1. The van der Waals surface area contributed by atoms with E-state index in [-0.39, 0.29) is 39.8 Å². The molecule has 1 atom stereocenters. The van der Waals surface area contributed by atoms with E-state index in [4.69, 9.17) is 9.47 Å². The maximum absolute atomic E-state index is 12.7. The maximum Gasteiger partial charge on any atom is 0.197 e. The summed E-state index contributed by atoms with van der Waals surface area (Å²) >= 11 is 0. The molecule has 0 amide bonds.